The third-order valence-corrected chi connectivity index (χ3v) is 4.70. The first-order chi connectivity index (χ1) is 13.6. The van der Waals surface area contributed by atoms with Gasteiger partial charge >= 0.3 is 0 Å². The highest BCUT2D eigenvalue weighted by Gasteiger charge is 2.33. The predicted molar refractivity (Wildman–Crippen MR) is 111 cm³/mol. The van der Waals surface area contributed by atoms with E-state index in [1.165, 1.54) is 6.33 Å². The van der Waals surface area contributed by atoms with Gasteiger partial charge < -0.3 is 10.6 Å². The van der Waals surface area contributed by atoms with Crippen LogP contribution >= 0.6 is 0 Å². The number of nitrogens with zero attached hydrogens (tertiary/aromatic N) is 3. The Hall–Kier alpha value is -3.67. The van der Waals surface area contributed by atoms with Crippen LogP contribution in [0.15, 0.2) is 83.8 Å². The molecule has 1 aliphatic heterocycles. The predicted octanol–water partition coefficient (Wildman–Crippen LogP) is 4.26. The summed E-state index contributed by atoms with van der Waals surface area (Å²) in [5.41, 5.74) is 4.20. The highest BCUT2D eigenvalue weighted by Crippen LogP contribution is 2.35. The molecule has 0 fully saturated rings. The van der Waals surface area contributed by atoms with Crippen LogP contribution in [-0.2, 0) is 4.79 Å². The maximum atomic E-state index is 13.2. The van der Waals surface area contributed by atoms with Crippen molar-refractivity contribution in [3.05, 3.63) is 89.4 Å². The van der Waals surface area contributed by atoms with Gasteiger partial charge in [-0.2, -0.15) is 10.1 Å². The quantitative estimate of drug-likeness (QED) is 0.719. The minimum atomic E-state index is -0.345. The fourth-order valence-corrected chi connectivity index (χ4v) is 3.42. The van der Waals surface area contributed by atoms with Crippen LogP contribution in [-0.4, -0.2) is 20.7 Å². The normalized spacial score (nSPS) is 16.4. The molecule has 6 nitrogen and oxygen atoms in total. The zero-order valence-electron chi connectivity index (χ0n) is 15.8. The Kier molecular flexibility index (Phi) is 4.76. The van der Waals surface area contributed by atoms with Crippen molar-refractivity contribution in [3.8, 4) is 0 Å². The number of carbonyl (C=O) groups excluding carboxylic acids is 1. The summed E-state index contributed by atoms with van der Waals surface area (Å²) in [6.07, 6.45) is 3.57. The lowest BCUT2D eigenvalue weighted by Crippen LogP contribution is -2.31. The monoisotopic (exact) mass is 371 g/mol. The van der Waals surface area contributed by atoms with E-state index in [0.717, 1.165) is 22.5 Å². The van der Waals surface area contributed by atoms with Crippen LogP contribution in [0.4, 0.5) is 11.6 Å². The number of hydrogen-bond acceptors (Lipinski definition) is 4. The molecule has 0 saturated carbocycles. The molecule has 1 amide bonds. The lowest BCUT2D eigenvalue weighted by molar-refractivity contribution is -0.113. The van der Waals surface area contributed by atoms with Crippen LogP contribution < -0.4 is 10.6 Å². The number of rotatable bonds is 4. The van der Waals surface area contributed by atoms with Gasteiger partial charge in [-0.15, -0.1) is 0 Å². The van der Waals surface area contributed by atoms with Gasteiger partial charge in [0.05, 0.1) is 5.57 Å². The molecule has 0 bridgehead atoms. The topological polar surface area (TPSA) is 71.8 Å². The van der Waals surface area contributed by atoms with Crippen molar-refractivity contribution in [1.82, 2.24) is 14.8 Å². The summed E-state index contributed by atoms with van der Waals surface area (Å²) in [6, 6.07) is 19.1. The maximum absolute atomic E-state index is 13.2. The number of aromatic nitrogens is 3. The lowest BCUT2D eigenvalue weighted by Gasteiger charge is -2.29. The summed E-state index contributed by atoms with van der Waals surface area (Å²) in [5.74, 6) is 0.461. The molecule has 4 rings (SSSR count). The summed E-state index contributed by atoms with van der Waals surface area (Å²) < 4.78 is 1.75. The molecule has 140 valence electrons. The average molecular weight is 371 g/mol. The van der Waals surface area contributed by atoms with E-state index in [0.29, 0.717) is 11.5 Å². The Morgan fingerprint density at radius 3 is 2.50 bits per heavy atom. The van der Waals surface area contributed by atoms with Gasteiger partial charge in [0.1, 0.15) is 12.4 Å². The molecule has 1 aromatic heterocycles. The van der Waals surface area contributed by atoms with E-state index >= 15 is 0 Å². The Labute approximate surface area is 163 Å². The number of para-hydroxylation sites is 1. The average Bonchev–Trinajstić information content (AvgIpc) is 3.16. The highest BCUT2D eigenvalue weighted by atomic mass is 16.1. The van der Waals surface area contributed by atoms with E-state index < -0.39 is 0 Å². The van der Waals surface area contributed by atoms with E-state index in [1.807, 2.05) is 74.5 Å². The SMILES string of the molecule is CC1=C(C(=O)Nc2ccccc2)[C@@H](/C(C)=C/c2ccccc2)n2ncnc2N1. The number of fused-ring (bicyclic) bond motifs is 1. The van der Waals surface area contributed by atoms with E-state index in [-0.39, 0.29) is 11.9 Å². The smallest absolute Gasteiger partial charge is 0.255 e. The second-order valence-electron chi connectivity index (χ2n) is 6.71. The van der Waals surface area contributed by atoms with Crippen LogP contribution in [0, 0.1) is 0 Å². The fraction of sp³-hybridized carbons (Fsp3) is 0.136. The molecule has 6 heteroatoms. The molecule has 0 aliphatic carbocycles. The highest BCUT2D eigenvalue weighted by molar-refractivity contribution is 6.06. The molecule has 28 heavy (non-hydrogen) atoms. The van der Waals surface area contributed by atoms with E-state index in [1.54, 1.807) is 4.68 Å². The van der Waals surface area contributed by atoms with E-state index in [9.17, 15) is 4.79 Å². The van der Waals surface area contributed by atoms with E-state index in [4.69, 9.17) is 0 Å². The van der Waals surface area contributed by atoms with Crippen molar-refractivity contribution in [1.29, 1.82) is 0 Å². The number of carbonyl (C=O) groups is 1. The Morgan fingerprint density at radius 2 is 1.79 bits per heavy atom. The number of anilines is 2. The van der Waals surface area contributed by atoms with Crippen molar-refractivity contribution < 1.29 is 4.79 Å². The number of hydrogen-bond donors (Lipinski definition) is 2. The molecule has 2 heterocycles. The zero-order chi connectivity index (χ0) is 19.5. The molecule has 1 atom stereocenters. The first-order valence-corrected chi connectivity index (χ1v) is 9.10. The molecule has 0 saturated heterocycles. The van der Waals surface area contributed by atoms with Crippen molar-refractivity contribution >= 4 is 23.6 Å². The van der Waals surface area contributed by atoms with Crippen molar-refractivity contribution in [2.45, 2.75) is 19.9 Å². The largest absolute Gasteiger partial charge is 0.328 e. The summed E-state index contributed by atoms with van der Waals surface area (Å²) in [6.45, 7) is 3.90. The molecule has 0 unspecified atom stereocenters. The maximum Gasteiger partial charge on any atom is 0.255 e. The molecule has 0 radical (unpaired) electrons. The second kappa shape index (κ2) is 7.52. The number of nitrogens with one attached hydrogen (secondary N) is 2. The first kappa shape index (κ1) is 17.7. The van der Waals surface area contributed by atoms with Crippen LogP contribution in [0.1, 0.15) is 25.5 Å². The van der Waals surface area contributed by atoms with Gasteiger partial charge in [0.2, 0.25) is 5.95 Å². The van der Waals surface area contributed by atoms with Crippen molar-refractivity contribution in [3.63, 3.8) is 0 Å². The van der Waals surface area contributed by atoms with Crippen molar-refractivity contribution in [2.75, 3.05) is 10.6 Å². The molecule has 2 aromatic carbocycles. The molecule has 3 aromatic rings. The Balaban J connectivity index is 1.74. The second-order valence-corrected chi connectivity index (χ2v) is 6.71. The van der Waals surface area contributed by atoms with E-state index in [2.05, 4.69) is 26.8 Å². The third-order valence-electron chi connectivity index (χ3n) is 4.70. The summed E-state index contributed by atoms with van der Waals surface area (Å²) in [4.78, 5) is 17.5. The first-order valence-electron chi connectivity index (χ1n) is 9.10. The summed E-state index contributed by atoms with van der Waals surface area (Å²) in [5, 5.41) is 10.5. The number of allylic oxidation sites excluding steroid dienone is 2. The number of amides is 1. The van der Waals surface area contributed by atoms with Crippen LogP contribution in [0.5, 0.6) is 0 Å². The van der Waals surface area contributed by atoms with Gasteiger partial charge in [-0.3, -0.25) is 4.79 Å². The number of benzene rings is 2. The zero-order valence-corrected chi connectivity index (χ0v) is 15.8. The molecule has 0 spiro atoms. The van der Waals surface area contributed by atoms with Gasteiger partial charge in [-0.05, 0) is 37.1 Å². The van der Waals surface area contributed by atoms with Crippen LogP contribution in [0.2, 0.25) is 0 Å². The summed E-state index contributed by atoms with van der Waals surface area (Å²) in [7, 11) is 0. The minimum Gasteiger partial charge on any atom is -0.328 e. The van der Waals surface area contributed by atoms with Crippen LogP contribution in [0.3, 0.4) is 0 Å². The van der Waals surface area contributed by atoms with Crippen molar-refractivity contribution in [2.24, 2.45) is 0 Å². The van der Waals surface area contributed by atoms with Gasteiger partial charge in [0, 0.05) is 11.4 Å². The lowest BCUT2D eigenvalue weighted by atomic mass is 9.94. The van der Waals surface area contributed by atoms with Gasteiger partial charge in [0.15, 0.2) is 0 Å². The molecule has 2 N–H and O–H groups in total. The van der Waals surface area contributed by atoms with Gasteiger partial charge in [0.25, 0.3) is 5.91 Å². The molecule has 1 aliphatic rings. The van der Waals surface area contributed by atoms with Gasteiger partial charge in [-0.25, -0.2) is 4.68 Å². The standard InChI is InChI=1S/C22H21N5O/c1-15(13-17-9-5-3-6-10-17)20-19(16(2)25-22-23-14-24-27(20)22)21(28)26-18-11-7-4-8-12-18/h3-14,20H,1-2H3,(H,26,28)(H,23,24,25)/b15-13+/t20-/m1/s1. The molecular weight excluding hydrogens is 350 g/mol. The Bertz CT molecular complexity index is 1050. The Morgan fingerprint density at radius 1 is 1.11 bits per heavy atom. The van der Waals surface area contributed by atoms with Crippen LogP contribution in [0.25, 0.3) is 6.08 Å². The van der Waals surface area contributed by atoms with Gasteiger partial charge in [-0.1, -0.05) is 54.6 Å². The minimum absolute atomic E-state index is 0.164. The third kappa shape index (κ3) is 3.44. The fourth-order valence-electron chi connectivity index (χ4n) is 3.42. The summed E-state index contributed by atoms with van der Waals surface area (Å²) >= 11 is 0. The molecular formula is C22H21N5O.